The highest BCUT2D eigenvalue weighted by molar-refractivity contribution is 5.56. The molecule has 0 aliphatic carbocycles. The average molecular weight is 214 g/mol. The predicted molar refractivity (Wildman–Crippen MR) is 55.4 cm³/mol. The van der Waals surface area contributed by atoms with Crippen LogP contribution in [0.1, 0.15) is 17.5 Å². The number of nitrogens with zero attached hydrogens (tertiary/aromatic N) is 2. The SMILES string of the molecule is N#Cc1cc(C#CCC=O)cc([N+](=O)[O-])c1. The topological polar surface area (TPSA) is 84.0 Å². The summed E-state index contributed by atoms with van der Waals surface area (Å²) in [5, 5.41) is 19.2. The van der Waals surface area contributed by atoms with E-state index in [-0.39, 0.29) is 17.7 Å². The van der Waals surface area contributed by atoms with E-state index in [1.807, 2.05) is 6.07 Å². The summed E-state index contributed by atoms with van der Waals surface area (Å²) < 4.78 is 0. The Morgan fingerprint density at radius 3 is 2.62 bits per heavy atom. The molecule has 0 heterocycles. The van der Waals surface area contributed by atoms with Crippen LogP contribution in [0.15, 0.2) is 18.2 Å². The molecule has 0 fully saturated rings. The minimum atomic E-state index is -0.592. The molecule has 0 N–H and O–H groups in total. The molecule has 0 atom stereocenters. The average Bonchev–Trinajstić information content (AvgIpc) is 2.29. The fourth-order valence-corrected chi connectivity index (χ4v) is 1.05. The summed E-state index contributed by atoms with van der Waals surface area (Å²) in [6.07, 6.45) is 0.695. The number of nitro groups is 1. The first-order valence-electron chi connectivity index (χ1n) is 4.29. The molecule has 0 bridgehead atoms. The normalized spacial score (nSPS) is 8.44. The monoisotopic (exact) mass is 214 g/mol. The standard InChI is InChI=1S/C11H6N2O3/c12-8-10-5-9(3-1-2-4-14)6-11(7-10)13(15)16/h4-7H,2H2. The second kappa shape index (κ2) is 5.28. The van der Waals surface area contributed by atoms with Gasteiger partial charge in [-0.05, 0) is 6.07 Å². The van der Waals surface area contributed by atoms with Gasteiger partial charge in [0.05, 0.1) is 23.0 Å². The zero-order valence-corrected chi connectivity index (χ0v) is 8.14. The number of carbonyl (C=O) groups is 1. The lowest BCUT2D eigenvalue weighted by Gasteiger charge is -1.94. The fraction of sp³-hybridized carbons (Fsp3) is 0.0909. The smallest absolute Gasteiger partial charge is 0.271 e. The third kappa shape index (κ3) is 2.93. The van der Waals surface area contributed by atoms with E-state index < -0.39 is 4.92 Å². The Bertz CT molecular complexity index is 532. The second-order valence-corrected chi connectivity index (χ2v) is 2.81. The van der Waals surface area contributed by atoms with Gasteiger partial charge in [-0.25, -0.2) is 0 Å². The molecule has 16 heavy (non-hydrogen) atoms. The molecule has 1 aromatic carbocycles. The molecule has 0 radical (unpaired) electrons. The third-order valence-electron chi connectivity index (χ3n) is 1.68. The lowest BCUT2D eigenvalue weighted by molar-refractivity contribution is -0.384. The van der Waals surface area contributed by atoms with E-state index in [1.165, 1.54) is 18.2 Å². The highest BCUT2D eigenvalue weighted by Gasteiger charge is 2.08. The van der Waals surface area contributed by atoms with E-state index in [4.69, 9.17) is 5.26 Å². The van der Waals surface area contributed by atoms with Gasteiger partial charge in [0.1, 0.15) is 6.29 Å². The number of rotatable bonds is 2. The third-order valence-corrected chi connectivity index (χ3v) is 1.68. The maximum Gasteiger partial charge on any atom is 0.271 e. The van der Waals surface area contributed by atoms with Crippen LogP contribution in [-0.4, -0.2) is 11.2 Å². The first-order chi connectivity index (χ1) is 7.67. The summed E-state index contributed by atoms with van der Waals surface area (Å²) >= 11 is 0. The van der Waals surface area contributed by atoms with E-state index >= 15 is 0 Å². The Labute approximate surface area is 91.5 Å². The zero-order valence-electron chi connectivity index (χ0n) is 8.14. The largest absolute Gasteiger partial charge is 0.302 e. The minimum Gasteiger partial charge on any atom is -0.302 e. The molecule has 1 aromatic rings. The van der Waals surface area contributed by atoms with E-state index in [0.29, 0.717) is 11.8 Å². The van der Waals surface area contributed by atoms with Crippen LogP contribution in [-0.2, 0) is 4.79 Å². The van der Waals surface area contributed by atoms with Gasteiger partial charge in [-0.3, -0.25) is 10.1 Å². The summed E-state index contributed by atoms with van der Waals surface area (Å²) in [6, 6.07) is 5.68. The molecule has 5 heteroatoms. The molecule has 0 amide bonds. The first-order valence-corrected chi connectivity index (χ1v) is 4.29. The van der Waals surface area contributed by atoms with E-state index in [1.54, 1.807) is 0 Å². The zero-order chi connectivity index (χ0) is 12.0. The molecular formula is C11H6N2O3. The molecular weight excluding hydrogens is 208 g/mol. The number of carbonyl (C=O) groups excluding carboxylic acids is 1. The van der Waals surface area contributed by atoms with Gasteiger partial charge in [-0.15, -0.1) is 0 Å². The van der Waals surface area contributed by atoms with Crippen molar-refractivity contribution < 1.29 is 9.72 Å². The Balaban J connectivity index is 3.16. The highest BCUT2D eigenvalue weighted by atomic mass is 16.6. The maximum absolute atomic E-state index is 10.5. The molecule has 0 spiro atoms. The van der Waals surface area contributed by atoms with Crippen molar-refractivity contribution in [3.05, 3.63) is 39.4 Å². The summed E-state index contributed by atoms with van der Waals surface area (Å²) in [6.45, 7) is 0. The fourth-order valence-electron chi connectivity index (χ4n) is 1.05. The second-order valence-electron chi connectivity index (χ2n) is 2.81. The van der Waals surface area contributed by atoms with Gasteiger partial charge in [0.15, 0.2) is 0 Å². The number of non-ortho nitro benzene ring substituents is 1. The van der Waals surface area contributed by atoms with Crippen molar-refractivity contribution in [1.82, 2.24) is 0 Å². The quantitative estimate of drug-likeness (QED) is 0.322. The van der Waals surface area contributed by atoms with Crippen molar-refractivity contribution in [2.75, 3.05) is 0 Å². The summed E-state index contributed by atoms with van der Waals surface area (Å²) in [5.41, 5.74) is 0.339. The van der Waals surface area contributed by atoms with E-state index in [0.717, 1.165) is 0 Å². The van der Waals surface area contributed by atoms with Crippen LogP contribution in [0, 0.1) is 33.3 Å². The van der Waals surface area contributed by atoms with Crippen molar-refractivity contribution in [1.29, 1.82) is 5.26 Å². The number of hydrogen-bond acceptors (Lipinski definition) is 4. The van der Waals surface area contributed by atoms with Gasteiger partial charge < -0.3 is 4.79 Å². The van der Waals surface area contributed by atoms with Gasteiger partial charge in [0.25, 0.3) is 5.69 Å². The Kier molecular flexibility index (Phi) is 3.77. The number of aldehydes is 1. The van der Waals surface area contributed by atoms with Crippen LogP contribution in [0.5, 0.6) is 0 Å². The molecule has 0 aliphatic heterocycles. The molecule has 0 unspecified atom stereocenters. The minimum absolute atomic E-state index is 0.0601. The summed E-state index contributed by atoms with van der Waals surface area (Å²) in [7, 11) is 0. The summed E-state index contributed by atoms with van der Waals surface area (Å²) in [4.78, 5) is 20.0. The van der Waals surface area contributed by atoms with Crippen molar-refractivity contribution >= 4 is 12.0 Å². The first kappa shape index (κ1) is 11.4. The van der Waals surface area contributed by atoms with Gasteiger partial charge in [0, 0.05) is 17.7 Å². The Hall–Kier alpha value is -2.66. The van der Waals surface area contributed by atoms with Crippen LogP contribution >= 0.6 is 0 Å². The van der Waals surface area contributed by atoms with Crippen LogP contribution in [0.2, 0.25) is 0 Å². The molecule has 0 saturated heterocycles. The van der Waals surface area contributed by atoms with Crippen molar-refractivity contribution in [2.45, 2.75) is 6.42 Å². The maximum atomic E-state index is 10.5. The Morgan fingerprint density at radius 1 is 1.38 bits per heavy atom. The highest BCUT2D eigenvalue weighted by Crippen LogP contribution is 2.15. The van der Waals surface area contributed by atoms with Crippen LogP contribution in [0.4, 0.5) is 5.69 Å². The molecule has 1 rings (SSSR count). The van der Waals surface area contributed by atoms with Crippen molar-refractivity contribution in [3.8, 4) is 17.9 Å². The summed E-state index contributed by atoms with van der Waals surface area (Å²) in [5.74, 6) is 5.10. The molecule has 78 valence electrons. The molecule has 5 nitrogen and oxygen atoms in total. The van der Waals surface area contributed by atoms with Gasteiger partial charge in [-0.1, -0.05) is 11.8 Å². The predicted octanol–water partition coefficient (Wildman–Crippen LogP) is 1.41. The van der Waals surface area contributed by atoms with E-state index in [2.05, 4.69) is 11.8 Å². The number of benzene rings is 1. The lowest BCUT2D eigenvalue weighted by atomic mass is 10.1. The van der Waals surface area contributed by atoms with Crippen LogP contribution in [0.25, 0.3) is 0 Å². The van der Waals surface area contributed by atoms with Gasteiger partial charge in [-0.2, -0.15) is 5.26 Å². The van der Waals surface area contributed by atoms with Crippen LogP contribution in [0.3, 0.4) is 0 Å². The molecule has 0 saturated carbocycles. The van der Waals surface area contributed by atoms with Crippen molar-refractivity contribution in [2.24, 2.45) is 0 Å². The van der Waals surface area contributed by atoms with E-state index in [9.17, 15) is 14.9 Å². The van der Waals surface area contributed by atoms with Gasteiger partial charge >= 0.3 is 0 Å². The molecule has 0 aromatic heterocycles. The van der Waals surface area contributed by atoms with Crippen molar-refractivity contribution in [3.63, 3.8) is 0 Å². The van der Waals surface area contributed by atoms with Gasteiger partial charge in [0.2, 0.25) is 0 Å². The molecule has 0 aliphatic rings. The number of nitriles is 1. The Morgan fingerprint density at radius 2 is 2.06 bits per heavy atom. The number of nitro benzene ring substituents is 1. The van der Waals surface area contributed by atoms with Crippen LogP contribution < -0.4 is 0 Å². The lowest BCUT2D eigenvalue weighted by Crippen LogP contribution is -1.90. The number of hydrogen-bond donors (Lipinski definition) is 0.